The van der Waals surface area contributed by atoms with Crippen LogP contribution in [0.5, 0.6) is 0 Å². The first-order chi connectivity index (χ1) is 11.0. The summed E-state index contributed by atoms with van der Waals surface area (Å²) < 4.78 is 5.48. The van der Waals surface area contributed by atoms with E-state index >= 15 is 0 Å². The molecule has 1 heterocycles. The van der Waals surface area contributed by atoms with Crippen LogP contribution in [0.25, 0.3) is 0 Å². The number of hydrogen-bond acceptors (Lipinski definition) is 4. The number of carbonyl (C=O) groups excluding carboxylic acids is 2. The van der Waals surface area contributed by atoms with Gasteiger partial charge in [-0.15, -0.1) is 0 Å². The van der Waals surface area contributed by atoms with E-state index in [-0.39, 0.29) is 24.0 Å². The highest BCUT2D eigenvalue weighted by Crippen LogP contribution is 2.08. The number of benzene rings is 1. The summed E-state index contributed by atoms with van der Waals surface area (Å²) >= 11 is 0. The van der Waals surface area contributed by atoms with Gasteiger partial charge in [-0.2, -0.15) is 0 Å². The van der Waals surface area contributed by atoms with E-state index in [0.717, 1.165) is 5.56 Å². The lowest BCUT2D eigenvalue weighted by Crippen LogP contribution is -2.55. The summed E-state index contributed by atoms with van der Waals surface area (Å²) in [6.07, 6.45) is 0.562. The van der Waals surface area contributed by atoms with Crippen LogP contribution in [0.2, 0.25) is 0 Å². The van der Waals surface area contributed by atoms with E-state index in [1.807, 2.05) is 25.1 Å². The molecule has 0 spiro atoms. The molecule has 2 N–H and O–H groups in total. The van der Waals surface area contributed by atoms with Crippen LogP contribution in [0.4, 0.5) is 0 Å². The van der Waals surface area contributed by atoms with Crippen molar-refractivity contribution in [1.82, 2.24) is 15.5 Å². The zero-order valence-electron chi connectivity index (χ0n) is 14.0. The van der Waals surface area contributed by atoms with Crippen molar-refractivity contribution in [2.75, 3.05) is 33.8 Å². The molecule has 1 aliphatic heterocycles. The third-order valence-electron chi connectivity index (χ3n) is 3.89. The molecule has 0 bridgehead atoms. The predicted octanol–water partition coefficient (Wildman–Crippen LogP) is 0.424. The fourth-order valence-electron chi connectivity index (χ4n) is 2.59. The Kier molecular flexibility index (Phi) is 6.12. The van der Waals surface area contributed by atoms with Crippen LogP contribution in [0.3, 0.4) is 0 Å². The van der Waals surface area contributed by atoms with Crippen LogP contribution in [0, 0.1) is 0 Å². The molecule has 0 unspecified atom stereocenters. The van der Waals surface area contributed by atoms with Gasteiger partial charge < -0.3 is 20.3 Å². The summed E-state index contributed by atoms with van der Waals surface area (Å²) in [5, 5.41) is 6.09. The number of amides is 2. The predicted molar refractivity (Wildman–Crippen MR) is 88.4 cm³/mol. The van der Waals surface area contributed by atoms with E-state index in [1.165, 1.54) is 0 Å². The van der Waals surface area contributed by atoms with Crippen LogP contribution in [0.1, 0.15) is 22.8 Å². The number of morpholine rings is 1. The molecule has 126 valence electrons. The topological polar surface area (TPSA) is 70.7 Å². The minimum Gasteiger partial charge on any atom is -0.375 e. The molecular weight excluding hydrogens is 294 g/mol. The zero-order valence-corrected chi connectivity index (χ0v) is 14.0. The van der Waals surface area contributed by atoms with Gasteiger partial charge in [-0.3, -0.25) is 9.59 Å². The minimum atomic E-state index is -0.301. The summed E-state index contributed by atoms with van der Waals surface area (Å²) in [7, 11) is 3.46. The highest BCUT2D eigenvalue weighted by atomic mass is 16.5. The van der Waals surface area contributed by atoms with Gasteiger partial charge in [0.05, 0.1) is 12.7 Å². The fourth-order valence-corrected chi connectivity index (χ4v) is 2.59. The van der Waals surface area contributed by atoms with E-state index in [2.05, 4.69) is 10.6 Å². The highest BCUT2D eigenvalue weighted by molar-refractivity contribution is 5.94. The standard InChI is InChI=1S/C17H25N3O3/c1-12-15(18-9-10-23-12)16(21)19-8-7-13-5-4-6-14(11-13)17(22)20(2)3/h4-6,11-12,15,18H,7-10H2,1-3H3,(H,19,21)/t12-,15+/m1/s1. The van der Waals surface area contributed by atoms with Crippen molar-refractivity contribution in [2.24, 2.45) is 0 Å². The molecule has 1 fully saturated rings. The molecule has 1 saturated heterocycles. The first kappa shape index (κ1) is 17.4. The van der Waals surface area contributed by atoms with Gasteiger partial charge >= 0.3 is 0 Å². The molecule has 1 aromatic rings. The molecular formula is C17H25N3O3. The van der Waals surface area contributed by atoms with Crippen LogP contribution in [-0.4, -0.2) is 62.7 Å². The number of rotatable bonds is 5. The lowest BCUT2D eigenvalue weighted by atomic mass is 10.1. The molecule has 0 aromatic heterocycles. The quantitative estimate of drug-likeness (QED) is 0.825. The normalized spacial score (nSPS) is 20.8. The second-order valence-electron chi connectivity index (χ2n) is 5.95. The maximum atomic E-state index is 12.1. The molecule has 0 aliphatic carbocycles. The Balaban J connectivity index is 1.85. The van der Waals surface area contributed by atoms with Crippen molar-refractivity contribution < 1.29 is 14.3 Å². The number of ether oxygens (including phenoxy) is 1. The minimum absolute atomic E-state index is 0.0201. The Bertz CT molecular complexity index is 560. The third kappa shape index (κ3) is 4.77. The van der Waals surface area contributed by atoms with Gasteiger partial charge in [-0.1, -0.05) is 12.1 Å². The lowest BCUT2D eigenvalue weighted by Gasteiger charge is -2.29. The fraction of sp³-hybridized carbons (Fsp3) is 0.529. The third-order valence-corrected chi connectivity index (χ3v) is 3.89. The lowest BCUT2D eigenvalue weighted by molar-refractivity contribution is -0.128. The maximum absolute atomic E-state index is 12.1. The van der Waals surface area contributed by atoms with E-state index in [9.17, 15) is 9.59 Å². The Morgan fingerprint density at radius 3 is 2.87 bits per heavy atom. The second-order valence-corrected chi connectivity index (χ2v) is 5.95. The van der Waals surface area contributed by atoms with Gasteiger partial charge in [0.1, 0.15) is 6.04 Å². The average molecular weight is 319 g/mol. The summed E-state index contributed by atoms with van der Waals surface area (Å²) in [6.45, 7) is 3.75. The van der Waals surface area contributed by atoms with Crippen molar-refractivity contribution >= 4 is 11.8 Å². The van der Waals surface area contributed by atoms with Crippen molar-refractivity contribution in [3.8, 4) is 0 Å². The first-order valence-corrected chi connectivity index (χ1v) is 7.92. The molecule has 6 heteroatoms. The van der Waals surface area contributed by atoms with Gasteiger partial charge in [0.15, 0.2) is 0 Å². The van der Waals surface area contributed by atoms with Crippen molar-refractivity contribution in [3.63, 3.8) is 0 Å². The van der Waals surface area contributed by atoms with Crippen molar-refractivity contribution in [1.29, 1.82) is 0 Å². The molecule has 0 radical (unpaired) electrons. The second kappa shape index (κ2) is 8.08. The summed E-state index contributed by atoms with van der Waals surface area (Å²) in [5.41, 5.74) is 1.69. The van der Waals surface area contributed by atoms with Crippen molar-refractivity contribution in [3.05, 3.63) is 35.4 Å². The molecule has 1 aliphatic rings. The van der Waals surface area contributed by atoms with Crippen LogP contribution in [-0.2, 0) is 16.0 Å². The Hall–Kier alpha value is -1.92. The number of carbonyl (C=O) groups is 2. The van der Waals surface area contributed by atoms with Gasteiger partial charge in [0, 0.05) is 32.7 Å². The highest BCUT2D eigenvalue weighted by Gasteiger charge is 2.27. The number of nitrogens with one attached hydrogen (secondary N) is 2. The number of nitrogens with zero attached hydrogens (tertiary/aromatic N) is 1. The van der Waals surface area contributed by atoms with Gasteiger partial charge in [-0.05, 0) is 31.0 Å². The smallest absolute Gasteiger partial charge is 0.253 e. The molecule has 0 saturated carbocycles. The SMILES string of the molecule is C[C@H]1OCCN[C@@H]1C(=O)NCCc1cccc(C(=O)N(C)C)c1. The first-order valence-electron chi connectivity index (χ1n) is 7.92. The number of hydrogen-bond donors (Lipinski definition) is 2. The largest absolute Gasteiger partial charge is 0.375 e. The molecule has 1 aromatic carbocycles. The average Bonchev–Trinajstić information content (AvgIpc) is 2.54. The monoisotopic (exact) mass is 319 g/mol. The molecule has 6 nitrogen and oxygen atoms in total. The zero-order chi connectivity index (χ0) is 16.8. The van der Waals surface area contributed by atoms with Crippen LogP contribution < -0.4 is 10.6 Å². The molecule has 2 atom stereocenters. The van der Waals surface area contributed by atoms with Crippen LogP contribution in [0.15, 0.2) is 24.3 Å². The van der Waals surface area contributed by atoms with E-state index in [1.54, 1.807) is 25.1 Å². The molecule has 23 heavy (non-hydrogen) atoms. The van der Waals surface area contributed by atoms with Crippen LogP contribution >= 0.6 is 0 Å². The maximum Gasteiger partial charge on any atom is 0.253 e. The summed E-state index contributed by atoms with van der Waals surface area (Å²) in [5.74, 6) is -0.0639. The van der Waals surface area contributed by atoms with E-state index in [0.29, 0.717) is 31.7 Å². The summed E-state index contributed by atoms with van der Waals surface area (Å²) in [4.78, 5) is 25.7. The Labute approximate surface area is 137 Å². The van der Waals surface area contributed by atoms with E-state index < -0.39 is 0 Å². The van der Waals surface area contributed by atoms with E-state index in [4.69, 9.17) is 4.74 Å². The molecule has 2 rings (SSSR count). The Morgan fingerprint density at radius 1 is 1.39 bits per heavy atom. The molecule has 2 amide bonds. The van der Waals surface area contributed by atoms with Crippen molar-refractivity contribution in [2.45, 2.75) is 25.5 Å². The Morgan fingerprint density at radius 2 is 2.17 bits per heavy atom. The van der Waals surface area contributed by atoms with Gasteiger partial charge in [0.2, 0.25) is 5.91 Å². The van der Waals surface area contributed by atoms with Gasteiger partial charge in [-0.25, -0.2) is 0 Å². The summed E-state index contributed by atoms with van der Waals surface area (Å²) in [6, 6.07) is 7.20. The van der Waals surface area contributed by atoms with Gasteiger partial charge in [0.25, 0.3) is 5.91 Å².